The monoisotopic (exact) mass is 331 g/mol. The van der Waals surface area contributed by atoms with Crippen molar-refractivity contribution in [1.82, 2.24) is 4.90 Å². The summed E-state index contributed by atoms with van der Waals surface area (Å²) in [6.07, 6.45) is 0.797. The molecule has 0 N–H and O–H groups in total. The van der Waals surface area contributed by atoms with Crippen molar-refractivity contribution in [3.8, 4) is 6.07 Å². The molecule has 0 radical (unpaired) electrons. The van der Waals surface area contributed by atoms with E-state index in [0.717, 1.165) is 12.1 Å². The van der Waals surface area contributed by atoms with Crippen molar-refractivity contribution in [2.24, 2.45) is 0 Å². The van der Waals surface area contributed by atoms with Gasteiger partial charge in [-0.1, -0.05) is 0 Å². The summed E-state index contributed by atoms with van der Waals surface area (Å²) >= 11 is 0. The van der Waals surface area contributed by atoms with Crippen molar-refractivity contribution < 1.29 is 9.00 Å². The van der Waals surface area contributed by atoms with Gasteiger partial charge in [-0.05, 0) is 44.5 Å². The second-order valence-electron chi connectivity index (χ2n) is 6.36. The second-order valence-corrected chi connectivity index (χ2v) is 8.62. The van der Waals surface area contributed by atoms with Gasteiger partial charge in [-0.25, -0.2) is 0 Å². The Labute approximate surface area is 139 Å². The van der Waals surface area contributed by atoms with E-state index in [0.29, 0.717) is 25.2 Å². The third kappa shape index (κ3) is 3.04. The number of anilines is 1. The predicted octanol–water partition coefficient (Wildman–Crippen LogP) is 1.50. The molecule has 2 aliphatic heterocycles. The van der Waals surface area contributed by atoms with Crippen LogP contribution in [0, 0.1) is 11.3 Å². The highest BCUT2D eigenvalue weighted by Crippen LogP contribution is 2.27. The fourth-order valence-corrected chi connectivity index (χ4v) is 4.98. The van der Waals surface area contributed by atoms with Gasteiger partial charge < -0.3 is 4.90 Å². The van der Waals surface area contributed by atoms with Gasteiger partial charge in [0.25, 0.3) is 0 Å². The largest absolute Gasteiger partial charge is 0.311 e. The lowest BCUT2D eigenvalue weighted by Crippen LogP contribution is -2.53. The fraction of sp³-hybridized carbons (Fsp3) is 0.529. The van der Waals surface area contributed by atoms with Crippen LogP contribution in [0.15, 0.2) is 24.3 Å². The molecule has 0 bridgehead atoms. The van der Waals surface area contributed by atoms with Crippen LogP contribution in [-0.4, -0.2) is 51.2 Å². The molecule has 3 unspecified atom stereocenters. The molecule has 1 aromatic rings. The topological polar surface area (TPSA) is 64.4 Å². The average Bonchev–Trinajstić information content (AvgIpc) is 2.94. The Morgan fingerprint density at radius 3 is 2.35 bits per heavy atom. The van der Waals surface area contributed by atoms with Crippen molar-refractivity contribution in [3.63, 3.8) is 0 Å². The van der Waals surface area contributed by atoms with Gasteiger partial charge in [-0.3, -0.25) is 13.9 Å². The smallest absolute Gasteiger partial charge is 0.244 e. The molecule has 0 aromatic heterocycles. The van der Waals surface area contributed by atoms with E-state index >= 15 is 0 Å². The van der Waals surface area contributed by atoms with E-state index in [1.54, 1.807) is 17.0 Å². The van der Waals surface area contributed by atoms with E-state index in [4.69, 9.17) is 5.26 Å². The summed E-state index contributed by atoms with van der Waals surface area (Å²) in [7, 11) is -0.807. The maximum absolute atomic E-state index is 12.8. The molecular formula is C17H21N3O2S. The summed E-state index contributed by atoms with van der Waals surface area (Å²) in [6, 6.07) is 9.11. The summed E-state index contributed by atoms with van der Waals surface area (Å²) < 4.78 is 12.1. The number of nitrogens with zero attached hydrogens (tertiary/aromatic N) is 3. The first-order valence-electron chi connectivity index (χ1n) is 7.96. The van der Waals surface area contributed by atoms with Crippen molar-refractivity contribution >= 4 is 22.4 Å². The van der Waals surface area contributed by atoms with Crippen LogP contribution >= 0.6 is 0 Å². The first-order chi connectivity index (χ1) is 11.0. The molecule has 2 heterocycles. The van der Waals surface area contributed by atoms with E-state index in [1.807, 2.05) is 26.0 Å². The summed E-state index contributed by atoms with van der Waals surface area (Å²) in [6.45, 7) is 6.12. The summed E-state index contributed by atoms with van der Waals surface area (Å²) in [5, 5.41) is 9.08. The summed E-state index contributed by atoms with van der Waals surface area (Å²) in [4.78, 5) is 16.8. The SMILES string of the molecule is CC1CN(C2CCN(c3ccc(C#N)cc3)C2=O)CC(C)S1=O. The van der Waals surface area contributed by atoms with Crippen LogP contribution in [0.3, 0.4) is 0 Å². The molecule has 0 aliphatic carbocycles. The molecule has 6 heteroatoms. The Balaban J connectivity index is 1.73. The number of carbonyl (C=O) groups is 1. The van der Waals surface area contributed by atoms with Crippen molar-refractivity contribution in [1.29, 1.82) is 5.26 Å². The molecule has 1 aromatic carbocycles. The predicted molar refractivity (Wildman–Crippen MR) is 90.6 cm³/mol. The number of rotatable bonds is 2. The van der Waals surface area contributed by atoms with Crippen molar-refractivity contribution in [2.75, 3.05) is 24.5 Å². The van der Waals surface area contributed by atoms with Gasteiger partial charge in [0.05, 0.1) is 17.7 Å². The maximum atomic E-state index is 12.8. The van der Waals surface area contributed by atoms with Gasteiger partial charge in [-0.2, -0.15) is 5.26 Å². The van der Waals surface area contributed by atoms with Crippen LogP contribution in [0.5, 0.6) is 0 Å². The quantitative estimate of drug-likeness (QED) is 0.824. The lowest BCUT2D eigenvalue weighted by atomic mass is 10.2. The molecule has 5 nitrogen and oxygen atoms in total. The van der Waals surface area contributed by atoms with Gasteiger partial charge in [0.2, 0.25) is 5.91 Å². The van der Waals surface area contributed by atoms with Gasteiger partial charge in [-0.15, -0.1) is 0 Å². The van der Waals surface area contributed by atoms with Gasteiger partial charge in [0, 0.05) is 46.6 Å². The van der Waals surface area contributed by atoms with Crippen LogP contribution < -0.4 is 4.90 Å². The number of nitriles is 1. The Morgan fingerprint density at radius 2 is 1.78 bits per heavy atom. The highest BCUT2D eigenvalue weighted by molar-refractivity contribution is 7.86. The Hall–Kier alpha value is -1.71. The summed E-state index contributed by atoms with van der Waals surface area (Å²) in [5.74, 6) is 0.113. The third-order valence-electron chi connectivity index (χ3n) is 4.70. The highest BCUT2D eigenvalue weighted by Gasteiger charge is 2.40. The van der Waals surface area contributed by atoms with E-state index in [2.05, 4.69) is 11.0 Å². The lowest BCUT2D eigenvalue weighted by molar-refractivity contribution is -0.121. The molecule has 23 heavy (non-hydrogen) atoms. The number of hydrogen-bond donors (Lipinski definition) is 0. The molecule has 0 saturated carbocycles. The van der Waals surface area contributed by atoms with Crippen molar-refractivity contribution in [2.45, 2.75) is 36.8 Å². The van der Waals surface area contributed by atoms with E-state index in [9.17, 15) is 9.00 Å². The standard InChI is InChI=1S/C17H21N3O2S/c1-12-10-19(11-13(2)23(12)22)16-7-8-20(17(16)21)15-5-3-14(9-18)4-6-15/h3-6,12-13,16H,7-8,10-11H2,1-2H3. The molecule has 2 aliphatic rings. The van der Waals surface area contributed by atoms with E-state index in [1.165, 1.54) is 0 Å². The van der Waals surface area contributed by atoms with Crippen LogP contribution in [0.2, 0.25) is 0 Å². The fourth-order valence-electron chi connectivity index (χ4n) is 3.51. The third-order valence-corrected chi connectivity index (χ3v) is 6.59. The molecule has 122 valence electrons. The molecule has 3 rings (SSSR count). The van der Waals surface area contributed by atoms with E-state index in [-0.39, 0.29) is 22.4 Å². The zero-order valence-corrected chi connectivity index (χ0v) is 14.3. The number of benzene rings is 1. The van der Waals surface area contributed by atoms with E-state index < -0.39 is 10.8 Å². The van der Waals surface area contributed by atoms with Crippen LogP contribution in [-0.2, 0) is 15.6 Å². The highest BCUT2D eigenvalue weighted by atomic mass is 32.2. The minimum Gasteiger partial charge on any atom is -0.311 e. The van der Waals surface area contributed by atoms with Crippen LogP contribution in [0.25, 0.3) is 0 Å². The number of hydrogen-bond acceptors (Lipinski definition) is 4. The van der Waals surface area contributed by atoms with Gasteiger partial charge in [0.1, 0.15) is 0 Å². The average molecular weight is 331 g/mol. The second kappa shape index (κ2) is 6.42. The van der Waals surface area contributed by atoms with Crippen LogP contribution in [0.4, 0.5) is 5.69 Å². The first kappa shape index (κ1) is 16.2. The lowest BCUT2D eigenvalue weighted by Gasteiger charge is -2.37. The molecule has 0 spiro atoms. The Bertz CT molecular complexity index is 653. The van der Waals surface area contributed by atoms with Gasteiger partial charge in [0.15, 0.2) is 0 Å². The minimum absolute atomic E-state index is 0.107. The molecule has 3 atom stereocenters. The summed E-state index contributed by atoms with van der Waals surface area (Å²) in [5.41, 5.74) is 1.44. The minimum atomic E-state index is -0.807. The number of amides is 1. The zero-order chi connectivity index (χ0) is 16.6. The first-order valence-corrected chi connectivity index (χ1v) is 9.24. The molecule has 2 saturated heterocycles. The van der Waals surface area contributed by atoms with Gasteiger partial charge >= 0.3 is 0 Å². The molecular weight excluding hydrogens is 310 g/mol. The number of carbonyl (C=O) groups excluding carboxylic acids is 1. The molecule has 2 fully saturated rings. The van der Waals surface area contributed by atoms with Crippen molar-refractivity contribution in [3.05, 3.63) is 29.8 Å². The normalized spacial score (nSPS) is 32.0. The van der Waals surface area contributed by atoms with Crippen LogP contribution in [0.1, 0.15) is 25.8 Å². The Kier molecular flexibility index (Phi) is 4.51. The Morgan fingerprint density at radius 1 is 1.17 bits per heavy atom. The molecule has 1 amide bonds. The zero-order valence-electron chi connectivity index (χ0n) is 13.4. The maximum Gasteiger partial charge on any atom is 0.244 e.